The molecule has 1 fully saturated rings. The van der Waals surface area contributed by atoms with Crippen LogP contribution in [0.1, 0.15) is 56.9 Å². The van der Waals surface area contributed by atoms with Gasteiger partial charge in [-0.05, 0) is 42.9 Å². The highest BCUT2D eigenvalue weighted by Gasteiger charge is 2.12. The molecule has 0 unspecified atom stereocenters. The lowest BCUT2D eigenvalue weighted by Crippen LogP contribution is -2.08. The summed E-state index contributed by atoms with van der Waals surface area (Å²) in [5.41, 5.74) is 1.14. The number of methoxy groups -OCH3 is 1. The van der Waals surface area contributed by atoms with E-state index in [1.165, 1.54) is 45.6 Å². The van der Waals surface area contributed by atoms with Crippen molar-refractivity contribution in [3.8, 4) is 5.75 Å². The van der Waals surface area contributed by atoms with Crippen LogP contribution >= 0.6 is 0 Å². The Morgan fingerprint density at radius 2 is 1.86 bits per heavy atom. The second kappa shape index (κ2) is 9.50. The molecule has 0 aromatic heterocycles. The van der Waals surface area contributed by atoms with E-state index in [2.05, 4.69) is 4.74 Å². The summed E-state index contributed by atoms with van der Waals surface area (Å²) >= 11 is 0. The highest BCUT2D eigenvalue weighted by Crippen LogP contribution is 2.27. The molecule has 0 bridgehead atoms. The summed E-state index contributed by atoms with van der Waals surface area (Å²) in [5, 5.41) is 0. The number of aryl methyl sites for hydroxylation is 1. The van der Waals surface area contributed by atoms with Crippen LogP contribution in [-0.2, 0) is 16.0 Å². The van der Waals surface area contributed by atoms with Gasteiger partial charge >= 0.3 is 5.97 Å². The fourth-order valence-corrected chi connectivity index (χ4v) is 3.14. The number of carbonyl (C=O) groups is 1. The van der Waals surface area contributed by atoms with E-state index in [9.17, 15) is 4.79 Å². The maximum absolute atomic E-state index is 11.1. The van der Waals surface area contributed by atoms with Crippen LogP contribution in [0.2, 0.25) is 0 Å². The van der Waals surface area contributed by atoms with E-state index in [1.54, 1.807) is 0 Å². The van der Waals surface area contributed by atoms with Crippen LogP contribution < -0.4 is 4.74 Å². The molecule has 1 aliphatic rings. The second-order valence-corrected chi connectivity index (χ2v) is 6.21. The van der Waals surface area contributed by atoms with Gasteiger partial charge in [-0.3, -0.25) is 4.79 Å². The van der Waals surface area contributed by atoms with Crippen LogP contribution in [0, 0.1) is 5.92 Å². The van der Waals surface area contributed by atoms with Crippen molar-refractivity contribution in [3.05, 3.63) is 29.8 Å². The molecule has 3 heteroatoms. The molecular formula is C19H28O3. The summed E-state index contributed by atoms with van der Waals surface area (Å²) in [6.45, 7) is 0.804. The first-order chi connectivity index (χ1) is 10.8. The van der Waals surface area contributed by atoms with Gasteiger partial charge in [0.05, 0.1) is 13.7 Å². The fraction of sp³-hybridized carbons (Fsp3) is 0.632. The van der Waals surface area contributed by atoms with Crippen molar-refractivity contribution < 1.29 is 14.3 Å². The molecule has 2 rings (SSSR count). The number of benzene rings is 1. The average Bonchev–Trinajstić information content (AvgIpc) is 2.58. The largest absolute Gasteiger partial charge is 0.494 e. The summed E-state index contributed by atoms with van der Waals surface area (Å²) in [6, 6.07) is 8.04. The van der Waals surface area contributed by atoms with E-state index in [-0.39, 0.29) is 5.97 Å². The van der Waals surface area contributed by atoms with Gasteiger partial charge in [0.2, 0.25) is 0 Å². The minimum Gasteiger partial charge on any atom is -0.494 e. The summed E-state index contributed by atoms with van der Waals surface area (Å²) in [5.74, 6) is 1.69. The molecule has 0 radical (unpaired) electrons. The van der Waals surface area contributed by atoms with Crippen molar-refractivity contribution >= 4 is 5.97 Å². The Labute approximate surface area is 134 Å². The standard InChI is InChI=1S/C19H28O3/c1-21-19(20)14-11-17-9-12-18(13-10-17)22-15-5-8-16-6-3-2-4-7-16/h9-10,12-13,16H,2-8,11,14-15H2,1H3. The Morgan fingerprint density at radius 3 is 2.55 bits per heavy atom. The minimum atomic E-state index is -0.164. The monoisotopic (exact) mass is 304 g/mol. The third-order valence-corrected chi connectivity index (χ3v) is 4.52. The van der Waals surface area contributed by atoms with Crippen LogP contribution in [-0.4, -0.2) is 19.7 Å². The molecule has 3 nitrogen and oxygen atoms in total. The zero-order valence-corrected chi connectivity index (χ0v) is 13.7. The summed E-state index contributed by atoms with van der Waals surface area (Å²) in [7, 11) is 1.42. The third kappa shape index (κ3) is 6.08. The predicted molar refractivity (Wildman–Crippen MR) is 88.1 cm³/mol. The van der Waals surface area contributed by atoms with E-state index >= 15 is 0 Å². The van der Waals surface area contributed by atoms with Gasteiger partial charge in [0.15, 0.2) is 0 Å². The van der Waals surface area contributed by atoms with Gasteiger partial charge in [0, 0.05) is 6.42 Å². The predicted octanol–water partition coefficient (Wildman–Crippen LogP) is 4.53. The van der Waals surface area contributed by atoms with Crippen molar-refractivity contribution in [3.63, 3.8) is 0 Å². The lowest BCUT2D eigenvalue weighted by Gasteiger charge is -2.21. The third-order valence-electron chi connectivity index (χ3n) is 4.52. The van der Waals surface area contributed by atoms with Crippen LogP contribution in [0.25, 0.3) is 0 Å². The molecule has 122 valence electrons. The molecule has 0 N–H and O–H groups in total. The SMILES string of the molecule is COC(=O)CCc1ccc(OCCCC2CCCCC2)cc1. The first-order valence-electron chi connectivity index (χ1n) is 8.56. The smallest absolute Gasteiger partial charge is 0.305 e. The topological polar surface area (TPSA) is 35.5 Å². The van der Waals surface area contributed by atoms with Crippen LogP contribution in [0.3, 0.4) is 0 Å². The molecule has 0 spiro atoms. The molecule has 1 saturated carbocycles. The van der Waals surface area contributed by atoms with E-state index < -0.39 is 0 Å². The summed E-state index contributed by atoms with van der Waals surface area (Å²) < 4.78 is 10.5. The molecular weight excluding hydrogens is 276 g/mol. The van der Waals surface area contributed by atoms with E-state index in [0.717, 1.165) is 30.3 Å². The Hall–Kier alpha value is -1.51. The minimum absolute atomic E-state index is 0.164. The molecule has 0 atom stereocenters. The maximum atomic E-state index is 11.1. The van der Waals surface area contributed by atoms with E-state index in [1.807, 2.05) is 24.3 Å². The van der Waals surface area contributed by atoms with Gasteiger partial charge in [0.1, 0.15) is 5.75 Å². The molecule has 0 heterocycles. The van der Waals surface area contributed by atoms with E-state index in [0.29, 0.717) is 12.8 Å². The molecule has 0 saturated heterocycles. The van der Waals surface area contributed by atoms with Gasteiger partial charge in [-0.2, -0.15) is 0 Å². The van der Waals surface area contributed by atoms with Crippen molar-refractivity contribution in [1.29, 1.82) is 0 Å². The van der Waals surface area contributed by atoms with Gasteiger partial charge in [-0.1, -0.05) is 44.2 Å². The van der Waals surface area contributed by atoms with Crippen molar-refractivity contribution in [2.24, 2.45) is 5.92 Å². The zero-order chi connectivity index (χ0) is 15.6. The number of rotatable bonds is 8. The van der Waals surface area contributed by atoms with Crippen molar-refractivity contribution in [1.82, 2.24) is 0 Å². The Morgan fingerprint density at radius 1 is 1.14 bits per heavy atom. The Kier molecular flexibility index (Phi) is 7.27. The molecule has 1 aliphatic carbocycles. The molecule has 22 heavy (non-hydrogen) atoms. The quantitative estimate of drug-likeness (QED) is 0.523. The number of carbonyl (C=O) groups excluding carboxylic acids is 1. The number of hydrogen-bond acceptors (Lipinski definition) is 3. The molecule has 1 aromatic carbocycles. The maximum Gasteiger partial charge on any atom is 0.305 e. The van der Waals surface area contributed by atoms with Gasteiger partial charge in [-0.15, -0.1) is 0 Å². The lowest BCUT2D eigenvalue weighted by molar-refractivity contribution is -0.140. The summed E-state index contributed by atoms with van der Waals surface area (Å²) in [4.78, 5) is 11.1. The summed E-state index contributed by atoms with van der Waals surface area (Å²) in [6.07, 6.45) is 10.7. The van der Waals surface area contributed by atoms with E-state index in [4.69, 9.17) is 4.74 Å². The van der Waals surface area contributed by atoms with Crippen LogP contribution in [0.4, 0.5) is 0 Å². The van der Waals surface area contributed by atoms with Gasteiger partial charge < -0.3 is 9.47 Å². The normalized spacial score (nSPS) is 15.5. The average molecular weight is 304 g/mol. The van der Waals surface area contributed by atoms with Crippen LogP contribution in [0.15, 0.2) is 24.3 Å². The number of esters is 1. The number of hydrogen-bond donors (Lipinski definition) is 0. The molecule has 1 aromatic rings. The van der Waals surface area contributed by atoms with Crippen molar-refractivity contribution in [2.45, 2.75) is 57.8 Å². The lowest BCUT2D eigenvalue weighted by atomic mass is 9.86. The number of ether oxygens (including phenoxy) is 2. The molecule has 0 amide bonds. The molecule has 0 aliphatic heterocycles. The zero-order valence-electron chi connectivity index (χ0n) is 13.7. The van der Waals surface area contributed by atoms with Gasteiger partial charge in [0.25, 0.3) is 0 Å². The van der Waals surface area contributed by atoms with Crippen molar-refractivity contribution in [2.75, 3.05) is 13.7 Å². The van der Waals surface area contributed by atoms with Gasteiger partial charge in [-0.25, -0.2) is 0 Å². The highest BCUT2D eigenvalue weighted by molar-refractivity contribution is 5.69. The Balaban J connectivity index is 1.62. The van der Waals surface area contributed by atoms with Crippen LogP contribution in [0.5, 0.6) is 5.75 Å². The Bertz CT molecular complexity index is 432. The highest BCUT2D eigenvalue weighted by atomic mass is 16.5. The second-order valence-electron chi connectivity index (χ2n) is 6.21. The fourth-order valence-electron chi connectivity index (χ4n) is 3.14. The first kappa shape index (κ1) is 16.9. The first-order valence-corrected chi connectivity index (χ1v) is 8.56.